The van der Waals surface area contributed by atoms with Crippen molar-refractivity contribution < 1.29 is 40.1 Å². The Balaban J connectivity index is 1.58. The van der Waals surface area contributed by atoms with Gasteiger partial charge in [-0.25, -0.2) is 0 Å². The SMILES string of the molecule is OC[C@H]1O[C@@H](O[C@@H](CCCCc2ccc(O)cc2)CCc2ccc(O)cc2)[C@H](O)[C@@H](O)[C@@H]1O. The van der Waals surface area contributed by atoms with Crippen molar-refractivity contribution in [2.45, 2.75) is 75.3 Å². The van der Waals surface area contributed by atoms with E-state index in [0.717, 1.165) is 30.4 Å². The standard InChI is InChI=1S/C25H34O8/c26-15-21-22(29)23(30)24(31)25(33-21)32-20(14-9-17-7-12-19(28)13-8-17)4-2-1-3-16-5-10-18(27)11-6-16/h5-8,10-13,20-31H,1-4,9,14-15H2/t20-,21+,22+,23-,24+,25+/m0/s1. The molecular weight excluding hydrogens is 428 g/mol. The zero-order valence-corrected chi connectivity index (χ0v) is 18.5. The van der Waals surface area contributed by atoms with Crippen LogP contribution in [0.1, 0.15) is 36.8 Å². The van der Waals surface area contributed by atoms with Gasteiger partial charge in [-0.1, -0.05) is 30.7 Å². The number of benzene rings is 2. The fraction of sp³-hybridized carbons (Fsp3) is 0.520. The highest BCUT2D eigenvalue weighted by Crippen LogP contribution is 2.26. The van der Waals surface area contributed by atoms with Crippen molar-refractivity contribution in [3.05, 3.63) is 59.7 Å². The number of phenolic OH excluding ortho intramolecular Hbond substituents is 2. The topological polar surface area (TPSA) is 140 Å². The first kappa shape index (κ1) is 25.4. The maximum absolute atomic E-state index is 10.3. The summed E-state index contributed by atoms with van der Waals surface area (Å²) in [5.74, 6) is 0.433. The number of phenols is 2. The molecule has 33 heavy (non-hydrogen) atoms. The predicted molar refractivity (Wildman–Crippen MR) is 121 cm³/mol. The van der Waals surface area contributed by atoms with E-state index < -0.39 is 37.3 Å². The third-order valence-corrected chi connectivity index (χ3v) is 6.04. The van der Waals surface area contributed by atoms with Gasteiger partial charge in [-0.05, 0) is 67.5 Å². The molecule has 0 saturated carbocycles. The van der Waals surface area contributed by atoms with Gasteiger partial charge in [0, 0.05) is 0 Å². The minimum Gasteiger partial charge on any atom is -0.508 e. The average Bonchev–Trinajstić information content (AvgIpc) is 2.82. The maximum atomic E-state index is 10.3. The summed E-state index contributed by atoms with van der Waals surface area (Å²) in [4.78, 5) is 0. The Morgan fingerprint density at radius 1 is 0.727 bits per heavy atom. The summed E-state index contributed by atoms with van der Waals surface area (Å²) in [7, 11) is 0. The summed E-state index contributed by atoms with van der Waals surface area (Å²) in [6.45, 7) is -0.504. The molecule has 1 heterocycles. The number of ether oxygens (including phenoxy) is 2. The molecule has 6 atom stereocenters. The molecule has 2 aromatic rings. The van der Waals surface area contributed by atoms with E-state index in [2.05, 4.69) is 0 Å². The van der Waals surface area contributed by atoms with Crippen LogP contribution in [-0.4, -0.2) is 74.1 Å². The van der Waals surface area contributed by atoms with Crippen LogP contribution in [0.4, 0.5) is 0 Å². The van der Waals surface area contributed by atoms with Gasteiger partial charge in [0.05, 0.1) is 12.7 Å². The first-order valence-electron chi connectivity index (χ1n) is 11.4. The Kier molecular flexibility index (Phi) is 9.49. The molecule has 1 saturated heterocycles. The average molecular weight is 463 g/mol. The zero-order valence-electron chi connectivity index (χ0n) is 18.5. The Labute approximate surface area is 193 Å². The predicted octanol–water partition coefficient (Wildman–Crippen LogP) is 1.63. The number of aromatic hydroxyl groups is 2. The van der Waals surface area contributed by atoms with Crippen molar-refractivity contribution in [3.8, 4) is 11.5 Å². The van der Waals surface area contributed by atoms with E-state index in [0.29, 0.717) is 19.3 Å². The van der Waals surface area contributed by atoms with E-state index >= 15 is 0 Å². The number of rotatable bonds is 11. The minimum atomic E-state index is -1.48. The van der Waals surface area contributed by atoms with Crippen LogP contribution < -0.4 is 0 Å². The molecule has 2 aromatic carbocycles. The first-order valence-corrected chi connectivity index (χ1v) is 11.4. The van der Waals surface area contributed by atoms with Crippen molar-refractivity contribution in [1.29, 1.82) is 0 Å². The van der Waals surface area contributed by atoms with E-state index in [9.17, 15) is 30.6 Å². The largest absolute Gasteiger partial charge is 0.508 e. The van der Waals surface area contributed by atoms with Crippen LogP contribution in [0.2, 0.25) is 0 Å². The van der Waals surface area contributed by atoms with Crippen LogP contribution in [0.3, 0.4) is 0 Å². The summed E-state index contributed by atoms with van der Waals surface area (Å²) in [6, 6.07) is 14.0. The molecule has 8 nitrogen and oxygen atoms in total. The third kappa shape index (κ3) is 7.40. The Bertz CT molecular complexity index is 823. The maximum Gasteiger partial charge on any atom is 0.186 e. The fourth-order valence-corrected chi connectivity index (χ4v) is 4.00. The highest BCUT2D eigenvalue weighted by atomic mass is 16.7. The Morgan fingerprint density at radius 2 is 1.30 bits per heavy atom. The van der Waals surface area contributed by atoms with Crippen LogP contribution in [0.15, 0.2) is 48.5 Å². The van der Waals surface area contributed by atoms with Gasteiger partial charge in [0.1, 0.15) is 35.9 Å². The van der Waals surface area contributed by atoms with Crippen molar-refractivity contribution in [3.63, 3.8) is 0 Å². The summed E-state index contributed by atoms with van der Waals surface area (Å²) in [5, 5.41) is 58.7. The number of aliphatic hydroxyl groups excluding tert-OH is 4. The van der Waals surface area contributed by atoms with Crippen LogP contribution in [0, 0.1) is 0 Å². The molecule has 182 valence electrons. The fourth-order valence-electron chi connectivity index (χ4n) is 4.00. The molecule has 0 spiro atoms. The van der Waals surface area contributed by atoms with Crippen molar-refractivity contribution >= 4 is 0 Å². The van der Waals surface area contributed by atoms with Crippen LogP contribution in [0.25, 0.3) is 0 Å². The lowest BCUT2D eigenvalue weighted by Crippen LogP contribution is -2.59. The smallest absolute Gasteiger partial charge is 0.186 e. The van der Waals surface area contributed by atoms with Gasteiger partial charge in [-0.2, -0.15) is 0 Å². The number of hydrogen-bond donors (Lipinski definition) is 6. The summed E-state index contributed by atoms with van der Waals surface area (Å²) < 4.78 is 11.6. The lowest BCUT2D eigenvalue weighted by atomic mass is 9.98. The van der Waals surface area contributed by atoms with E-state index in [-0.39, 0.29) is 17.6 Å². The van der Waals surface area contributed by atoms with Gasteiger partial charge in [0.15, 0.2) is 6.29 Å². The van der Waals surface area contributed by atoms with Gasteiger partial charge in [0.25, 0.3) is 0 Å². The number of hydrogen-bond acceptors (Lipinski definition) is 8. The van der Waals surface area contributed by atoms with Crippen molar-refractivity contribution in [2.75, 3.05) is 6.61 Å². The quantitative estimate of drug-likeness (QED) is 0.277. The summed E-state index contributed by atoms with van der Waals surface area (Å²) in [6.07, 6.45) is -2.22. The number of unbranched alkanes of at least 4 members (excludes halogenated alkanes) is 1. The van der Waals surface area contributed by atoms with Crippen molar-refractivity contribution in [1.82, 2.24) is 0 Å². The molecule has 0 radical (unpaired) electrons. The second kappa shape index (κ2) is 12.3. The van der Waals surface area contributed by atoms with Gasteiger partial charge in [0.2, 0.25) is 0 Å². The Morgan fingerprint density at radius 3 is 1.88 bits per heavy atom. The Hall–Kier alpha value is -2.20. The van der Waals surface area contributed by atoms with Gasteiger partial charge >= 0.3 is 0 Å². The highest BCUT2D eigenvalue weighted by molar-refractivity contribution is 5.26. The number of aliphatic hydroxyl groups is 4. The molecule has 1 fully saturated rings. The molecule has 0 aliphatic carbocycles. The lowest BCUT2D eigenvalue weighted by molar-refractivity contribution is -0.312. The molecule has 1 aliphatic heterocycles. The molecule has 0 aromatic heterocycles. The third-order valence-electron chi connectivity index (χ3n) is 6.04. The van der Waals surface area contributed by atoms with Crippen LogP contribution in [0.5, 0.6) is 11.5 Å². The van der Waals surface area contributed by atoms with Gasteiger partial charge in [-0.15, -0.1) is 0 Å². The van der Waals surface area contributed by atoms with Crippen LogP contribution in [-0.2, 0) is 22.3 Å². The van der Waals surface area contributed by atoms with E-state index in [4.69, 9.17) is 9.47 Å². The van der Waals surface area contributed by atoms with E-state index in [1.165, 1.54) is 0 Å². The summed E-state index contributed by atoms with van der Waals surface area (Å²) >= 11 is 0. The monoisotopic (exact) mass is 462 g/mol. The number of aryl methyl sites for hydroxylation is 2. The molecule has 1 aliphatic rings. The second-order valence-electron chi connectivity index (χ2n) is 8.57. The lowest BCUT2D eigenvalue weighted by Gasteiger charge is -2.41. The molecule has 0 bridgehead atoms. The second-order valence-corrected chi connectivity index (χ2v) is 8.57. The van der Waals surface area contributed by atoms with E-state index in [1.807, 2.05) is 24.3 Å². The van der Waals surface area contributed by atoms with Crippen LogP contribution >= 0.6 is 0 Å². The zero-order chi connectivity index (χ0) is 23.8. The summed E-state index contributed by atoms with van der Waals surface area (Å²) in [5.41, 5.74) is 2.16. The minimum absolute atomic E-state index is 0.196. The first-order chi connectivity index (χ1) is 15.9. The van der Waals surface area contributed by atoms with Gasteiger partial charge < -0.3 is 40.1 Å². The molecule has 0 unspecified atom stereocenters. The molecule has 3 rings (SSSR count). The van der Waals surface area contributed by atoms with Crippen molar-refractivity contribution in [2.24, 2.45) is 0 Å². The molecular formula is C25H34O8. The molecule has 0 amide bonds. The molecule has 8 heteroatoms. The molecule has 6 N–H and O–H groups in total. The highest BCUT2D eigenvalue weighted by Gasteiger charge is 2.44. The van der Waals surface area contributed by atoms with Gasteiger partial charge in [-0.3, -0.25) is 0 Å². The normalized spacial score (nSPS) is 26.2. The van der Waals surface area contributed by atoms with E-state index in [1.54, 1.807) is 24.3 Å².